The van der Waals surface area contributed by atoms with Gasteiger partial charge < -0.3 is 19.7 Å². The first kappa shape index (κ1) is 32.5. The molecule has 4 heteroatoms. The molecule has 0 radical (unpaired) electrons. The third-order valence-electron chi connectivity index (χ3n) is 11.0. The molecule has 0 fully saturated rings. The maximum atomic E-state index is 9.61. The second-order valence-corrected chi connectivity index (χ2v) is 13.8. The fraction of sp³-hybridized carbons (Fsp3) is 0.167. The molecule has 52 heavy (non-hydrogen) atoms. The molecule has 256 valence electrons. The summed E-state index contributed by atoms with van der Waals surface area (Å²) >= 11 is 0. The van der Waals surface area contributed by atoms with Crippen molar-refractivity contribution in [3.63, 3.8) is 0 Å². The maximum Gasteiger partial charge on any atom is 0.109 e. The summed E-state index contributed by atoms with van der Waals surface area (Å²) in [5.74, 6) is 0. The monoisotopic (exact) mass is 680 g/mol. The van der Waals surface area contributed by atoms with Crippen LogP contribution in [-0.2, 0) is 21.3 Å². The Morgan fingerprint density at radius 1 is 0.481 bits per heavy atom. The molecule has 4 nitrogen and oxygen atoms in total. The third kappa shape index (κ3) is 5.30. The minimum atomic E-state index is -0.553. The van der Waals surface area contributed by atoms with Crippen LogP contribution in [-0.4, -0.2) is 36.6 Å². The summed E-state index contributed by atoms with van der Waals surface area (Å²) in [6, 6.07) is 52.6. The molecule has 0 aromatic heterocycles. The molecule has 3 aliphatic carbocycles. The predicted molar refractivity (Wildman–Crippen MR) is 208 cm³/mol. The van der Waals surface area contributed by atoms with E-state index in [1.807, 2.05) is 12.1 Å². The van der Waals surface area contributed by atoms with Crippen LogP contribution in [0.4, 0.5) is 0 Å². The van der Waals surface area contributed by atoms with Gasteiger partial charge in [0, 0.05) is 0 Å². The second kappa shape index (κ2) is 13.6. The smallest absolute Gasteiger partial charge is 0.109 e. The van der Waals surface area contributed by atoms with Gasteiger partial charge in [0.1, 0.15) is 12.2 Å². The number of ether oxygens (including phenoxy) is 2. The van der Waals surface area contributed by atoms with Gasteiger partial charge in [-0.3, -0.25) is 0 Å². The topological polar surface area (TPSA) is 58.9 Å². The Labute approximate surface area is 305 Å². The van der Waals surface area contributed by atoms with E-state index < -0.39 is 5.41 Å². The largest absolute Gasteiger partial charge is 0.394 e. The van der Waals surface area contributed by atoms with Crippen LogP contribution in [0.3, 0.4) is 0 Å². The van der Waals surface area contributed by atoms with Crippen molar-refractivity contribution in [1.29, 1.82) is 0 Å². The van der Waals surface area contributed by atoms with Crippen molar-refractivity contribution in [3.8, 4) is 0 Å². The van der Waals surface area contributed by atoms with Crippen LogP contribution in [0.1, 0.15) is 79.0 Å². The van der Waals surface area contributed by atoms with Crippen LogP contribution >= 0.6 is 0 Å². The summed E-state index contributed by atoms with van der Waals surface area (Å²) in [5, 5.41) is 19.2. The van der Waals surface area contributed by atoms with Gasteiger partial charge in [-0.15, -0.1) is 0 Å². The van der Waals surface area contributed by atoms with E-state index in [1.165, 1.54) is 33.4 Å². The molecule has 9 rings (SSSR count). The molecular weight excluding hydrogens is 641 g/mol. The summed E-state index contributed by atoms with van der Waals surface area (Å²) in [6.07, 6.45) is 4.87. The average molecular weight is 681 g/mol. The Kier molecular flexibility index (Phi) is 8.54. The molecule has 0 saturated carbocycles. The van der Waals surface area contributed by atoms with Gasteiger partial charge in [0.15, 0.2) is 0 Å². The highest BCUT2D eigenvalue weighted by atomic mass is 16.5. The van der Waals surface area contributed by atoms with E-state index in [-0.39, 0.29) is 38.6 Å². The highest BCUT2D eigenvalue weighted by molar-refractivity contribution is 5.92. The second-order valence-electron chi connectivity index (χ2n) is 13.8. The normalized spacial score (nSPS) is 17.8. The van der Waals surface area contributed by atoms with E-state index in [2.05, 4.69) is 146 Å². The minimum Gasteiger partial charge on any atom is -0.394 e. The zero-order valence-corrected chi connectivity index (χ0v) is 28.9. The number of benzene rings is 6. The molecule has 6 aromatic carbocycles. The van der Waals surface area contributed by atoms with Crippen molar-refractivity contribution >= 4 is 23.3 Å². The molecule has 0 saturated heterocycles. The molecule has 3 aliphatic rings. The summed E-state index contributed by atoms with van der Waals surface area (Å²) in [4.78, 5) is 0. The van der Waals surface area contributed by atoms with Gasteiger partial charge in [0.05, 0.1) is 31.8 Å². The lowest BCUT2D eigenvalue weighted by Gasteiger charge is -2.42. The first-order valence-electron chi connectivity index (χ1n) is 18.1. The van der Waals surface area contributed by atoms with E-state index in [1.54, 1.807) is 0 Å². The maximum absolute atomic E-state index is 9.61. The first-order chi connectivity index (χ1) is 25.7. The van der Waals surface area contributed by atoms with Gasteiger partial charge >= 0.3 is 0 Å². The average Bonchev–Trinajstić information content (AvgIpc) is 3.77. The molecule has 2 atom stereocenters. The minimum absolute atomic E-state index is 0.0223. The van der Waals surface area contributed by atoms with Gasteiger partial charge in [0.25, 0.3) is 0 Å². The molecule has 0 aliphatic heterocycles. The van der Waals surface area contributed by atoms with E-state index in [4.69, 9.17) is 9.47 Å². The zero-order valence-electron chi connectivity index (χ0n) is 28.9. The van der Waals surface area contributed by atoms with Crippen molar-refractivity contribution in [2.24, 2.45) is 0 Å². The fourth-order valence-electron chi connectivity index (χ4n) is 8.80. The first-order valence-corrected chi connectivity index (χ1v) is 18.1. The predicted octanol–water partition coefficient (Wildman–Crippen LogP) is 9.18. The van der Waals surface area contributed by atoms with E-state index in [0.717, 1.165) is 50.9 Å². The molecule has 6 aromatic rings. The van der Waals surface area contributed by atoms with Crippen LogP contribution in [0.5, 0.6) is 0 Å². The van der Waals surface area contributed by atoms with Crippen molar-refractivity contribution in [2.45, 2.75) is 24.0 Å². The van der Waals surface area contributed by atoms with Crippen molar-refractivity contribution < 1.29 is 19.7 Å². The van der Waals surface area contributed by atoms with Gasteiger partial charge in [0.2, 0.25) is 0 Å². The Morgan fingerprint density at radius 2 is 0.885 bits per heavy atom. The van der Waals surface area contributed by atoms with Gasteiger partial charge in [-0.1, -0.05) is 146 Å². The van der Waals surface area contributed by atoms with Crippen LogP contribution in [0, 0.1) is 0 Å². The van der Waals surface area contributed by atoms with E-state index in [9.17, 15) is 10.2 Å². The molecule has 0 bridgehead atoms. The summed E-state index contributed by atoms with van der Waals surface area (Å²) in [6.45, 7) is 0.508. The Bertz CT molecular complexity index is 2150. The number of hydrogen-bond acceptors (Lipinski definition) is 4. The zero-order chi connectivity index (χ0) is 35.1. The quantitative estimate of drug-likeness (QED) is 0.151. The summed E-state index contributed by atoms with van der Waals surface area (Å²) < 4.78 is 12.5. The fourth-order valence-corrected chi connectivity index (χ4v) is 8.80. The number of aliphatic hydroxyl groups is 2. The van der Waals surface area contributed by atoms with Gasteiger partial charge in [-0.2, -0.15) is 0 Å². The molecule has 2 N–H and O–H groups in total. The molecule has 0 heterocycles. The molecule has 0 spiro atoms. The van der Waals surface area contributed by atoms with Crippen LogP contribution < -0.4 is 0 Å². The number of fused-ring (bicyclic) bond motifs is 4. The lowest BCUT2D eigenvalue weighted by molar-refractivity contribution is 0.0607. The lowest BCUT2D eigenvalue weighted by atomic mass is 9.59. The summed E-state index contributed by atoms with van der Waals surface area (Å²) in [5.41, 5.74) is 16.1. The lowest BCUT2D eigenvalue weighted by Crippen LogP contribution is -2.36. The van der Waals surface area contributed by atoms with Crippen molar-refractivity contribution in [3.05, 3.63) is 212 Å². The standard InChI is InChI=1S/C48H40O4/c49-25-27-51-46-40-13-5-1-9-34(40)30-42(46)32-17-21-38(22-18-32)48(44-15-7-3-11-36(44)29-37-12-4-8-16-45(37)48)39-23-19-33(20-24-39)43-31-35-10-2-6-14-41(35)47(43)52-28-26-50/h1-24,30-31,46-47,49-50H,25-29H2. The number of aliphatic hydroxyl groups excluding tert-OH is 2. The van der Waals surface area contributed by atoms with Gasteiger partial charge in [-0.25, -0.2) is 0 Å². The SMILES string of the molecule is OCCOC1C(c2ccc(C3(c4ccc(C5=Cc6ccccc6C5OCCO)cc4)c4ccccc4Cc4ccccc43)cc2)=Cc2ccccc21. The highest BCUT2D eigenvalue weighted by Crippen LogP contribution is 2.52. The van der Waals surface area contributed by atoms with Crippen LogP contribution in [0.15, 0.2) is 146 Å². The Morgan fingerprint density at radius 3 is 1.33 bits per heavy atom. The van der Waals surface area contributed by atoms with E-state index >= 15 is 0 Å². The molecule has 2 unspecified atom stereocenters. The number of hydrogen-bond donors (Lipinski definition) is 2. The molecule has 0 amide bonds. The third-order valence-corrected chi connectivity index (χ3v) is 11.0. The molecular formula is C48H40O4. The van der Waals surface area contributed by atoms with Crippen molar-refractivity contribution in [1.82, 2.24) is 0 Å². The summed E-state index contributed by atoms with van der Waals surface area (Å²) in [7, 11) is 0. The number of rotatable bonds is 10. The Hall–Kier alpha value is -5.36. The van der Waals surface area contributed by atoms with Crippen LogP contribution in [0.25, 0.3) is 23.3 Å². The van der Waals surface area contributed by atoms with E-state index in [0.29, 0.717) is 0 Å². The van der Waals surface area contributed by atoms with Crippen molar-refractivity contribution in [2.75, 3.05) is 26.4 Å². The van der Waals surface area contributed by atoms with Crippen LogP contribution in [0.2, 0.25) is 0 Å². The Balaban J connectivity index is 1.18. The highest BCUT2D eigenvalue weighted by Gasteiger charge is 2.44. The van der Waals surface area contributed by atoms with Gasteiger partial charge in [-0.05, 0) is 96.5 Å².